The fraction of sp³-hybridized carbons (Fsp3) is 0.235. The lowest BCUT2D eigenvalue weighted by atomic mass is 10.2. The van der Waals surface area contributed by atoms with Gasteiger partial charge in [0.25, 0.3) is 0 Å². The summed E-state index contributed by atoms with van der Waals surface area (Å²) < 4.78 is 24.6. The molecule has 0 radical (unpaired) electrons. The van der Waals surface area contributed by atoms with Crippen LogP contribution in [0.25, 0.3) is 0 Å². The Balaban J connectivity index is 1.72. The topological polar surface area (TPSA) is 54.5 Å². The number of benzene rings is 2. The van der Waals surface area contributed by atoms with Crippen LogP contribution in [0.3, 0.4) is 0 Å². The molecule has 3 rings (SSSR count). The predicted molar refractivity (Wildman–Crippen MR) is 91.4 cm³/mol. The van der Waals surface area contributed by atoms with Gasteiger partial charge in [-0.1, -0.05) is 41.9 Å². The molecule has 120 valence electrons. The Hall–Kier alpha value is -1.85. The maximum Gasteiger partial charge on any atom is 0.242 e. The Morgan fingerprint density at radius 2 is 1.91 bits per heavy atom. The average molecular weight is 350 g/mol. The van der Waals surface area contributed by atoms with E-state index in [0.29, 0.717) is 17.1 Å². The first-order valence-electron chi connectivity index (χ1n) is 7.28. The number of hydrogen-bond donors (Lipinski definition) is 0. The van der Waals surface area contributed by atoms with Crippen molar-refractivity contribution in [1.29, 1.82) is 0 Å². The highest BCUT2D eigenvalue weighted by Crippen LogP contribution is 2.27. The van der Waals surface area contributed by atoms with Crippen molar-refractivity contribution < 1.29 is 13.2 Å². The maximum atomic E-state index is 12.4. The molecule has 0 atom stereocenters. The van der Waals surface area contributed by atoms with E-state index in [9.17, 15) is 13.2 Å². The molecule has 0 aromatic heterocycles. The van der Waals surface area contributed by atoms with Crippen molar-refractivity contribution in [3.05, 3.63) is 64.7 Å². The summed E-state index contributed by atoms with van der Waals surface area (Å²) >= 11 is 5.87. The molecule has 0 unspecified atom stereocenters. The Bertz CT molecular complexity index is 848. The number of fused-ring (bicyclic) bond motifs is 1. The molecule has 0 saturated carbocycles. The summed E-state index contributed by atoms with van der Waals surface area (Å²) in [6, 6.07) is 14.3. The van der Waals surface area contributed by atoms with Crippen LogP contribution in [-0.2, 0) is 26.8 Å². The highest BCUT2D eigenvalue weighted by Gasteiger charge is 2.27. The van der Waals surface area contributed by atoms with E-state index in [0.717, 1.165) is 17.7 Å². The molecule has 2 aromatic rings. The molecule has 1 aliphatic heterocycles. The Labute approximate surface area is 140 Å². The zero-order chi connectivity index (χ0) is 16.4. The molecule has 0 aliphatic carbocycles. The third kappa shape index (κ3) is 3.74. The van der Waals surface area contributed by atoms with Gasteiger partial charge in [-0.2, -0.15) is 0 Å². The number of carbonyl (C=O) groups is 1. The Kier molecular flexibility index (Phi) is 4.41. The van der Waals surface area contributed by atoms with Gasteiger partial charge in [-0.05, 0) is 35.7 Å². The minimum Gasteiger partial charge on any atom is -0.311 e. The number of anilines is 1. The highest BCUT2D eigenvalue weighted by atomic mass is 35.5. The van der Waals surface area contributed by atoms with Crippen LogP contribution < -0.4 is 4.90 Å². The van der Waals surface area contributed by atoms with E-state index in [1.807, 2.05) is 24.3 Å². The van der Waals surface area contributed by atoms with Gasteiger partial charge in [0.1, 0.15) is 5.75 Å². The molecule has 4 nitrogen and oxygen atoms in total. The maximum absolute atomic E-state index is 12.4. The van der Waals surface area contributed by atoms with Crippen molar-refractivity contribution in [3.8, 4) is 0 Å². The van der Waals surface area contributed by atoms with Crippen molar-refractivity contribution in [3.63, 3.8) is 0 Å². The zero-order valence-electron chi connectivity index (χ0n) is 12.4. The first kappa shape index (κ1) is 16.0. The summed E-state index contributed by atoms with van der Waals surface area (Å²) in [5, 5.41) is 0.484. The van der Waals surface area contributed by atoms with Crippen molar-refractivity contribution in [2.75, 3.05) is 17.2 Å². The normalized spacial score (nSPS) is 13.9. The van der Waals surface area contributed by atoms with Crippen molar-refractivity contribution >= 4 is 33.0 Å². The molecule has 2 aromatic carbocycles. The summed E-state index contributed by atoms with van der Waals surface area (Å²) in [6.45, 7) is 0.533. The number of hydrogen-bond acceptors (Lipinski definition) is 3. The SMILES string of the molecule is O=C(CS(=O)(=O)Cc1cccc(Cl)c1)N1CCc2ccccc21. The minimum absolute atomic E-state index is 0.186. The first-order chi connectivity index (χ1) is 10.9. The summed E-state index contributed by atoms with van der Waals surface area (Å²) in [4.78, 5) is 14.0. The fourth-order valence-corrected chi connectivity index (χ4v) is 4.33. The van der Waals surface area contributed by atoms with Gasteiger partial charge in [0.05, 0.1) is 5.75 Å². The first-order valence-corrected chi connectivity index (χ1v) is 9.48. The molecule has 0 N–H and O–H groups in total. The molecule has 0 fully saturated rings. The monoisotopic (exact) mass is 349 g/mol. The second-order valence-electron chi connectivity index (χ2n) is 5.59. The van der Waals surface area contributed by atoms with Crippen molar-refractivity contribution in [2.24, 2.45) is 0 Å². The lowest BCUT2D eigenvalue weighted by molar-refractivity contribution is -0.116. The van der Waals surface area contributed by atoms with Gasteiger partial charge in [0, 0.05) is 17.3 Å². The van der Waals surface area contributed by atoms with Crippen LogP contribution in [0.15, 0.2) is 48.5 Å². The summed E-state index contributed by atoms with van der Waals surface area (Å²) in [5.74, 6) is -1.06. The van der Waals surface area contributed by atoms with E-state index in [1.54, 1.807) is 29.2 Å². The molecule has 6 heteroatoms. The molecule has 1 heterocycles. The van der Waals surface area contributed by atoms with E-state index in [2.05, 4.69) is 0 Å². The number of rotatable bonds is 4. The predicted octanol–water partition coefficient (Wildman–Crippen LogP) is 2.84. The molecule has 1 amide bonds. The quantitative estimate of drug-likeness (QED) is 0.852. The Morgan fingerprint density at radius 3 is 2.70 bits per heavy atom. The average Bonchev–Trinajstić information content (AvgIpc) is 2.90. The lowest BCUT2D eigenvalue weighted by Crippen LogP contribution is -2.34. The van der Waals surface area contributed by atoms with E-state index in [4.69, 9.17) is 11.6 Å². The molecule has 0 bridgehead atoms. The van der Waals surface area contributed by atoms with Crippen LogP contribution in [0.5, 0.6) is 0 Å². The van der Waals surface area contributed by atoms with Gasteiger partial charge < -0.3 is 4.90 Å². The van der Waals surface area contributed by atoms with E-state index in [1.165, 1.54) is 0 Å². The standard InChI is InChI=1S/C17H16ClNO3S/c18-15-6-3-4-13(10-15)11-23(21,22)12-17(20)19-9-8-14-5-1-2-7-16(14)19/h1-7,10H,8-9,11-12H2. The van der Waals surface area contributed by atoms with Crippen LogP contribution in [0, 0.1) is 0 Å². The molecular weight excluding hydrogens is 334 g/mol. The third-order valence-electron chi connectivity index (χ3n) is 3.81. The molecule has 1 aliphatic rings. The summed E-state index contributed by atoms with van der Waals surface area (Å²) in [5.41, 5.74) is 2.48. The zero-order valence-corrected chi connectivity index (χ0v) is 14.0. The largest absolute Gasteiger partial charge is 0.311 e. The van der Waals surface area contributed by atoms with Crippen LogP contribution in [-0.4, -0.2) is 26.6 Å². The summed E-state index contributed by atoms with van der Waals surface area (Å²) in [6.07, 6.45) is 0.760. The van der Waals surface area contributed by atoms with Crippen LogP contribution in [0.1, 0.15) is 11.1 Å². The second-order valence-corrected chi connectivity index (χ2v) is 8.09. The van der Waals surface area contributed by atoms with Gasteiger partial charge in [-0.25, -0.2) is 8.42 Å². The number of para-hydroxylation sites is 1. The molecule has 23 heavy (non-hydrogen) atoms. The smallest absolute Gasteiger partial charge is 0.242 e. The minimum atomic E-state index is -3.54. The van der Waals surface area contributed by atoms with Gasteiger partial charge >= 0.3 is 0 Å². The van der Waals surface area contributed by atoms with E-state index < -0.39 is 15.6 Å². The Morgan fingerprint density at radius 1 is 1.13 bits per heavy atom. The van der Waals surface area contributed by atoms with Crippen molar-refractivity contribution in [1.82, 2.24) is 0 Å². The number of nitrogens with zero attached hydrogens (tertiary/aromatic N) is 1. The van der Waals surface area contributed by atoms with Crippen LogP contribution in [0.4, 0.5) is 5.69 Å². The van der Waals surface area contributed by atoms with Crippen LogP contribution in [0.2, 0.25) is 5.02 Å². The number of sulfone groups is 1. The fourth-order valence-electron chi connectivity index (χ4n) is 2.80. The number of halogens is 1. The second kappa shape index (κ2) is 6.34. The van der Waals surface area contributed by atoms with Gasteiger partial charge in [-0.3, -0.25) is 4.79 Å². The molecular formula is C17H16ClNO3S. The van der Waals surface area contributed by atoms with E-state index in [-0.39, 0.29) is 11.7 Å². The lowest BCUT2D eigenvalue weighted by Gasteiger charge is -2.17. The summed E-state index contributed by atoms with van der Waals surface area (Å²) in [7, 11) is -3.54. The number of carbonyl (C=O) groups excluding carboxylic acids is 1. The highest BCUT2D eigenvalue weighted by molar-refractivity contribution is 7.91. The van der Waals surface area contributed by atoms with Gasteiger partial charge in [-0.15, -0.1) is 0 Å². The van der Waals surface area contributed by atoms with Crippen LogP contribution >= 0.6 is 11.6 Å². The molecule has 0 spiro atoms. The van der Waals surface area contributed by atoms with Gasteiger partial charge in [0.15, 0.2) is 9.84 Å². The van der Waals surface area contributed by atoms with Gasteiger partial charge in [0.2, 0.25) is 5.91 Å². The van der Waals surface area contributed by atoms with Crippen molar-refractivity contribution in [2.45, 2.75) is 12.2 Å². The van der Waals surface area contributed by atoms with E-state index >= 15 is 0 Å². The molecule has 0 saturated heterocycles. The third-order valence-corrected chi connectivity index (χ3v) is 5.50. The number of amides is 1.